The molecule has 0 amide bonds. The molecule has 0 aliphatic heterocycles. The maximum absolute atomic E-state index is 9.59. The van der Waals surface area contributed by atoms with Crippen LogP contribution >= 0.6 is 0 Å². The molecule has 7 rings (SSSR count). The van der Waals surface area contributed by atoms with E-state index in [9.17, 15) is 5.26 Å². The van der Waals surface area contributed by atoms with Crippen molar-refractivity contribution in [1.82, 2.24) is 0 Å². The third kappa shape index (κ3) is 0.270. The van der Waals surface area contributed by atoms with Gasteiger partial charge < -0.3 is 0 Å². The molecule has 1 heteroatoms. The monoisotopic (exact) mass is 183 g/mol. The van der Waals surface area contributed by atoms with E-state index in [2.05, 4.69) is 6.07 Å². The second-order valence-electron chi connectivity index (χ2n) is 6.90. The summed E-state index contributed by atoms with van der Waals surface area (Å²) in [5, 5.41) is 9.59. The maximum atomic E-state index is 9.59. The summed E-state index contributed by atoms with van der Waals surface area (Å²) in [5.41, 5.74) is 0.256. The molecule has 0 spiro atoms. The van der Waals surface area contributed by atoms with Gasteiger partial charge in [0.15, 0.2) is 0 Å². The summed E-state index contributed by atoms with van der Waals surface area (Å²) in [4.78, 5) is 0. The molecule has 10 unspecified atom stereocenters. The van der Waals surface area contributed by atoms with Crippen LogP contribution in [0.25, 0.3) is 0 Å². The topological polar surface area (TPSA) is 23.8 Å². The zero-order valence-corrected chi connectivity index (χ0v) is 8.06. The molecular weight excluding hydrogens is 170 g/mol. The van der Waals surface area contributed by atoms with Crippen molar-refractivity contribution in [3.63, 3.8) is 0 Å². The van der Waals surface area contributed by atoms with Crippen molar-refractivity contribution in [2.24, 2.45) is 58.7 Å². The predicted molar refractivity (Wildman–Crippen MR) is 48.7 cm³/mol. The number of nitrogens with zero attached hydrogens (tertiary/aromatic N) is 1. The first-order valence-corrected chi connectivity index (χ1v) is 6.31. The summed E-state index contributed by atoms with van der Waals surface area (Å²) < 4.78 is 0. The Morgan fingerprint density at radius 1 is 0.929 bits per heavy atom. The molecule has 0 N–H and O–H groups in total. The van der Waals surface area contributed by atoms with Gasteiger partial charge in [-0.15, -0.1) is 0 Å². The molecule has 1 nitrogen and oxygen atoms in total. The largest absolute Gasteiger partial charge is 0.198 e. The number of hydrogen-bond acceptors (Lipinski definition) is 1. The van der Waals surface area contributed by atoms with Gasteiger partial charge in [-0.2, -0.15) is 5.26 Å². The summed E-state index contributed by atoms with van der Waals surface area (Å²) in [5.74, 6) is 9.09. The van der Waals surface area contributed by atoms with Gasteiger partial charge in [0.1, 0.15) is 0 Å². The van der Waals surface area contributed by atoms with Gasteiger partial charge in [0.05, 0.1) is 11.5 Å². The number of rotatable bonds is 0. The fraction of sp³-hybridized carbons (Fsp3) is 0.923. The maximum Gasteiger partial charge on any atom is 0.0699 e. The van der Waals surface area contributed by atoms with E-state index in [1.54, 1.807) is 0 Å². The standard InChI is InChI=1S/C13H13N/c14-3-13-7-2-6-8-4-1-5(9(7)8)11(13)10(4)12(6)13/h4-12H,1-2H2. The number of hydrogen-bond donors (Lipinski definition) is 0. The Morgan fingerprint density at radius 3 is 2.50 bits per heavy atom. The van der Waals surface area contributed by atoms with Crippen LogP contribution in [-0.2, 0) is 0 Å². The number of nitriles is 1. The highest BCUT2D eigenvalue weighted by atomic mass is 15.0. The molecule has 7 aliphatic rings. The van der Waals surface area contributed by atoms with E-state index in [1.165, 1.54) is 12.8 Å². The predicted octanol–water partition coefficient (Wildman–Crippen LogP) is 1.90. The Labute approximate surface area is 83.5 Å². The van der Waals surface area contributed by atoms with E-state index < -0.39 is 0 Å². The third-order valence-corrected chi connectivity index (χ3v) is 7.62. The molecular formula is C13H13N. The minimum atomic E-state index is 0.256. The molecule has 0 radical (unpaired) electrons. The molecule has 14 heavy (non-hydrogen) atoms. The second kappa shape index (κ2) is 1.31. The van der Waals surface area contributed by atoms with Crippen molar-refractivity contribution in [3.8, 4) is 6.07 Å². The van der Waals surface area contributed by atoms with Crippen LogP contribution in [0.3, 0.4) is 0 Å². The van der Waals surface area contributed by atoms with Gasteiger partial charge in [0, 0.05) is 0 Å². The molecule has 0 aromatic heterocycles. The summed E-state index contributed by atoms with van der Waals surface area (Å²) >= 11 is 0. The average Bonchev–Trinajstić information content (AvgIpc) is 2.73. The van der Waals surface area contributed by atoms with Gasteiger partial charge in [0.2, 0.25) is 0 Å². The highest BCUT2D eigenvalue weighted by molar-refractivity contribution is 5.43. The van der Waals surface area contributed by atoms with Gasteiger partial charge in [-0.25, -0.2) is 0 Å². The van der Waals surface area contributed by atoms with Crippen molar-refractivity contribution in [2.75, 3.05) is 0 Å². The zero-order chi connectivity index (χ0) is 8.82. The van der Waals surface area contributed by atoms with Gasteiger partial charge in [-0.3, -0.25) is 0 Å². The van der Waals surface area contributed by atoms with E-state index in [0.29, 0.717) is 0 Å². The van der Waals surface area contributed by atoms with E-state index in [-0.39, 0.29) is 5.41 Å². The summed E-state index contributed by atoms with van der Waals surface area (Å²) in [6.45, 7) is 0. The van der Waals surface area contributed by atoms with Crippen LogP contribution < -0.4 is 0 Å². The molecule has 7 fully saturated rings. The molecule has 0 aromatic rings. The smallest absolute Gasteiger partial charge is 0.0699 e. The highest BCUT2D eigenvalue weighted by Gasteiger charge is 2.92. The van der Waals surface area contributed by atoms with E-state index in [0.717, 1.165) is 53.3 Å². The van der Waals surface area contributed by atoms with E-state index in [1.807, 2.05) is 0 Å². The lowest BCUT2D eigenvalue weighted by molar-refractivity contribution is -0.0430. The Hall–Kier alpha value is -0.510. The first-order chi connectivity index (χ1) is 6.89. The minimum Gasteiger partial charge on any atom is -0.198 e. The summed E-state index contributed by atoms with van der Waals surface area (Å²) in [6.07, 6.45) is 3.01. The lowest BCUT2D eigenvalue weighted by Crippen LogP contribution is -2.52. The van der Waals surface area contributed by atoms with Crippen molar-refractivity contribution in [2.45, 2.75) is 12.8 Å². The van der Waals surface area contributed by atoms with Crippen molar-refractivity contribution < 1.29 is 0 Å². The normalized spacial score (nSPS) is 86.9. The van der Waals surface area contributed by atoms with Gasteiger partial charge in [-0.05, 0) is 66.1 Å². The van der Waals surface area contributed by atoms with Gasteiger partial charge >= 0.3 is 0 Å². The Balaban J connectivity index is 1.81. The first kappa shape index (κ1) is 6.16. The van der Waals surface area contributed by atoms with Crippen molar-refractivity contribution in [3.05, 3.63) is 0 Å². The second-order valence-corrected chi connectivity index (χ2v) is 6.90. The van der Waals surface area contributed by atoms with Crippen LogP contribution in [0, 0.1) is 70.0 Å². The van der Waals surface area contributed by atoms with Crippen molar-refractivity contribution >= 4 is 0 Å². The zero-order valence-electron chi connectivity index (χ0n) is 8.06. The first-order valence-electron chi connectivity index (χ1n) is 6.31. The lowest BCUT2D eigenvalue weighted by atomic mass is 9.50. The van der Waals surface area contributed by atoms with Crippen LogP contribution in [0.15, 0.2) is 0 Å². The molecule has 70 valence electrons. The molecule has 0 aromatic carbocycles. The quantitative estimate of drug-likeness (QED) is 0.562. The van der Waals surface area contributed by atoms with E-state index in [4.69, 9.17) is 0 Å². The van der Waals surface area contributed by atoms with Crippen LogP contribution in [-0.4, -0.2) is 0 Å². The molecule has 10 atom stereocenters. The lowest BCUT2D eigenvalue weighted by Gasteiger charge is -2.51. The Morgan fingerprint density at radius 2 is 1.71 bits per heavy atom. The molecule has 0 heterocycles. The summed E-state index contributed by atoms with van der Waals surface area (Å²) in [6, 6.07) is 2.81. The molecule has 7 aliphatic carbocycles. The van der Waals surface area contributed by atoms with E-state index >= 15 is 0 Å². The minimum absolute atomic E-state index is 0.256. The molecule has 0 saturated heterocycles. The van der Waals surface area contributed by atoms with Gasteiger partial charge in [-0.1, -0.05) is 0 Å². The van der Waals surface area contributed by atoms with Crippen LogP contribution in [0.4, 0.5) is 0 Å². The molecule has 7 saturated carbocycles. The van der Waals surface area contributed by atoms with Gasteiger partial charge in [0.25, 0.3) is 0 Å². The average molecular weight is 183 g/mol. The SMILES string of the molecule is N#CC12C3CC4C5C6CC(C53)C1C6C42. The fourth-order valence-corrected chi connectivity index (χ4v) is 8.18. The van der Waals surface area contributed by atoms with Crippen LogP contribution in [0.5, 0.6) is 0 Å². The van der Waals surface area contributed by atoms with Crippen LogP contribution in [0.1, 0.15) is 12.8 Å². The Bertz CT molecular complexity index is 413. The fourth-order valence-electron chi connectivity index (χ4n) is 8.18. The Kier molecular flexibility index (Phi) is 0.576. The van der Waals surface area contributed by atoms with Crippen molar-refractivity contribution in [1.29, 1.82) is 5.26 Å². The molecule has 4 bridgehead atoms. The van der Waals surface area contributed by atoms with Crippen LogP contribution in [0.2, 0.25) is 0 Å². The summed E-state index contributed by atoms with van der Waals surface area (Å²) in [7, 11) is 0. The third-order valence-electron chi connectivity index (χ3n) is 7.62. The highest BCUT2D eigenvalue weighted by Crippen LogP contribution is 2.95.